The molecule has 0 radical (unpaired) electrons. The third-order valence-corrected chi connectivity index (χ3v) is 3.87. The minimum absolute atomic E-state index is 0.115. The highest BCUT2D eigenvalue weighted by molar-refractivity contribution is 7.85. The molecule has 15 heavy (non-hydrogen) atoms. The van der Waals surface area contributed by atoms with E-state index in [1.807, 2.05) is 0 Å². The zero-order valence-electron chi connectivity index (χ0n) is 8.03. The molecular weight excluding hydrogens is 226 g/mol. The smallest absolute Gasteiger partial charge is 0.294 e. The highest BCUT2D eigenvalue weighted by Gasteiger charge is 2.50. The van der Waals surface area contributed by atoms with Gasteiger partial charge in [-0.25, -0.2) is 0 Å². The molecule has 4 unspecified atom stereocenters. The van der Waals surface area contributed by atoms with Crippen molar-refractivity contribution in [3.63, 3.8) is 0 Å². The third-order valence-electron chi connectivity index (χ3n) is 2.61. The highest BCUT2D eigenvalue weighted by atomic mass is 32.2. The zero-order chi connectivity index (χ0) is 11.0. The molecule has 2 aliphatic heterocycles. The van der Waals surface area contributed by atoms with Crippen LogP contribution in [0, 0.1) is 10.1 Å². The molecule has 0 aromatic heterocycles. The first-order chi connectivity index (χ1) is 7.09. The monoisotopic (exact) mass is 237 g/mol. The van der Waals surface area contributed by atoms with Crippen molar-refractivity contribution in [2.24, 2.45) is 0 Å². The first kappa shape index (κ1) is 10.8. The van der Waals surface area contributed by atoms with Gasteiger partial charge >= 0.3 is 0 Å². The van der Waals surface area contributed by atoms with Gasteiger partial charge in [-0.2, -0.15) is 0 Å². The van der Waals surface area contributed by atoms with Crippen LogP contribution in [0.5, 0.6) is 0 Å². The van der Waals surface area contributed by atoms with E-state index in [2.05, 4.69) is 4.84 Å². The number of nitrogens with zero attached hydrogens (tertiary/aromatic N) is 1. The lowest BCUT2D eigenvalue weighted by Gasteiger charge is -2.13. The molecule has 0 aromatic rings. The number of ether oxygens (including phenoxy) is 2. The van der Waals surface area contributed by atoms with Gasteiger partial charge in [-0.3, -0.25) is 4.21 Å². The summed E-state index contributed by atoms with van der Waals surface area (Å²) in [6, 6.07) is 0. The number of hydrogen-bond acceptors (Lipinski definition) is 6. The molecule has 5 atom stereocenters. The maximum absolute atomic E-state index is 11.3. The largest absolute Gasteiger partial charge is 0.372 e. The lowest BCUT2D eigenvalue weighted by atomic mass is 10.1. The van der Waals surface area contributed by atoms with E-state index in [9.17, 15) is 14.3 Å². The fraction of sp³-hybridized carbons (Fsp3) is 1.00. The predicted molar refractivity (Wildman–Crippen MR) is 49.2 cm³/mol. The maximum atomic E-state index is 11.3. The summed E-state index contributed by atoms with van der Waals surface area (Å²) in [6.45, 7) is 0.417. The van der Waals surface area contributed by atoms with Crippen molar-refractivity contribution >= 4 is 10.8 Å². The normalized spacial score (nSPS) is 41.1. The molecule has 0 aromatic carbocycles. The molecule has 0 aliphatic carbocycles. The molecule has 0 N–H and O–H groups in total. The van der Waals surface area contributed by atoms with Crippen LogP contribution in [-0.2, 0) is 25.1 Å². The Morgan fingerprint density at radius 1 is 1.40 bits per heavy atom. The molecule has 86 valence electrons. The first-order valence-corrected chi connectivity index (χ1v) is 6.08. The van der Waals surface area contributed by atoms with Crippen molar-refractivity contribution in [2.45, 2.75) is 23.6 Å². The second-order valence-corrected chi connectivity index (χ2v) is 5.10. The van der Waals surface area contributed by atoms with Crippen LogP contribution in [0.1, 0.15) is 0 Å². The Balaban J connectivity index is 2.02. The third kappa shape index (κ3) is 1.97. The molecular formula is C7H11NO6S. The van der Waals surface area contributed by atoms with Crippen molar-refractivity contribution in [1.82, 2.24) is 0 Å². The summed E-state index contributed by atoms with van der Waals surface area (Å²) in [5.74, 6) is 0. The van der Waals surface area contributed by atoms with Crippen LogP contribution in [0.4, 0.5) is 0 Å². The van der Waals surface area contributed by atoms with Crippen molar-refractivity contribution in [2.75, 3.05) is 19.5 Å². The van der Waals surface area contributed by atoms with E-state index in [1.54, 1.807) is 6.26 Å². The van der Waals surface area contributed by atoms with Gasteiger partial charge in [-0.05, 0) is 0 Å². The van der Waals surface area contributed by atoms with E-state index < -0.39 is 28.1 Å². The topological polar surface area (TPSA) is 87.9 Å². The zero-order valence-corrected chi connectivity index (χ0v) is 8.85. The fourth-order valence-corrected chi connectivity index (χ4v) is 2.80. The summed E-state index contributed by atoms with van der Waals surface area (Å²) < 4.78 is 21.9. The number of hydrogen-bond donors (Lipinski definition) is 0. The second-order valence-electron chi connectivity index (χ2n) is 3.50. The number of rotatable bonds is 3. The molecule has 8 heteroatoms. The van der Waals surface area contributed by atoms with Crippen molar-refractivity contribution < 1.29 is 23.6 Å². The molecule has 7 nitrogen and oxygen atoms in total. The van der Waals surface area contributed by atoms with Crippen LogP contribution in [-0.4, -0.2) is 52.3 Å². The minimum Gasteiger partial charge on any atom is -0.372 e. The van der Waals surface area contributed by atoms with Gasteiger partial charge in [0.05, 0.1) is 18.5 Å². The van der Waals surface area contributed by atoms with E-state index >= 15 is 0 Å². The van der Waals surface area contributed by atoms with Crippen molar-refractivity contribution in [3.8, 4) is 0 Å². The van der Waals surface area contributed by atoms with E-state index in [-0.39, 0.29) is 18.0 Å². The Labute approximate surface area is 88.2 Å². The van der Waals surface area contributed by atoms with Crippen LogP contribution in [0.3, 0.4) is 0 Å². The highest BCUT2D eigenvalue weighted by Crippen LogP contribution is 2.30. The van der Waals surface area contributed by atoms with Crippen LogP contribution in [0.25, 0.3) is 0 Å². The van der Waals surface area contributed by atoms with Gasteiger partial charge in [0.1, 0.15) is 12.2 Å². The lowest BCUT2D eigenvalue weighted by molar-refractivity contribution is -0.769. The summed E-state index contributed by atoms with van der Waals surface area (Å²) in [7, 11) is -1.05. The van der Waals surface area contributed by atoms with E-state index in [1.165, 1.54) is 0 Å². The van der Waals surface area contributed by atoms with E-state index in [0.717, 1.165) is 0 Å². The summed E-state index contributed by atoms with van der Waals surface area (Å²) in [6.07, 6.45) is 0.0604. The molecule has 0 amide bonds. The summed E-state index contributed by atoms with van der Waals surface area (Å²) >= 11 is 0. The molecule has 2 saturated heterocycles. The van der Waals surface area contributed by atoms with Gasteiger partial charge in [0.2, 0.25) is 0 Å². The van der Waals surface area contributed by atoms with E-state index in [4.69, 9.17) is 9.47 Å². The number of fused-ring (bicyclic) bond motifs is 1. The quantitative estimate of drug-likeness (QED) is 0.467. The van der Waals surface area contributed by atoms with Crippen molar-refractivity contribution in [1.29, 1.82) is 0 Å². The Bertz CT molecular complexity index is 297. The summed E-state index contributed by atoms with van der Waals surface area (Å²) in [5, 5.41) is 9.11. The van der Waals surface area contributed by atoms with Crippen LogP contribution in [0.15, 0.2) is 0 Å². The molecule has 2 heterocycles. The van der Waals surface area contributed by atoms with Gasteiger partial charge in [-0.1, -0.05) is 0 Å². The molecule has 0 saturated carbocycles. The average molecular weight is 237 g/mol. The van der Waals surface area contributed by atoms with E-state index in [0.29, 0.717) is 6.61 Å². The van der Waals surface area contributed by atoms with Gasteiger partial charge in [0.25, 0.3) is 5.09 Å². The average Bonchev–Trinajstić information content (AvgIpc) is 2.66. The molecule has 2 aliphatic rings. The van der Waals surface area contributed by atoms with Gasteiger partial charge in [-0.15, -0.1) is 10.1 Å². The SMILES string of the molecule is C[S@@](=O)C1COC2C(O[N+](=O)[O-])COC21. The minimum atomic E-state index is -1.05. The Kier molecular flexibility index (Phi) is 2.89. The Morgan fingerprint density at radius 3 is 2.67 bits per heavy atom. The Morgan fingerprint density at radius 2 is 2.07 bits per heavy atom. The predicted octanol–water partition coefficient (Wildman–Crippen LogP) is -0.892. The standard InChI is InChI=1S/C7H11NO6S/c1-15(11)5-3-13-6-4(14-8(9)10)2-12-7(5)6/h4-7H,2-3H2,1H3/t4?,5?,6?,7?,15-/m1/s1. The van der Waals surface area contributed by atoms with Crippen LogP contribution in [0.2, 0.25) is 0 Å². The summed E-state index contributed by atoms with van der Waals surface area (Å²) in [4.78, 5) is 14.6. The fourth-order valence-electron chi connectivity index (χ4n) is 1.91. The summed E-state index contributed by atoms with van der Waals surface area (Å²) in [5.41, 5.74) is 0. The maximum Gasteiger partial charge on any atom is 0.294 e. The van der Waals surface area contributed by atoms with Crippen LogP contribution >= 0.6 is 0 Å². The van der Waals surface area contributed by atoms with Crippen LogP contribution < -0.4 is 0 Å². The molecule has 0 spiro atoms. The second kappa shape index (κ2) is 4.03. The van der Waals surface area contributed by atoms with Gasteiger partial charge in [0, 0.05) is 17.1 Å². The molecule has 2 rings (SSSR count). The lowest BCUT2D eigenvalue weighted by Crippen LogP contribution is -2.35. The first-order valence-electron chi connectivity index (χ1n) is 4.46. The molecule has 0 bridgehead atoms. The van der Waals surface area contributed by atoms with Crippen molar-refractivity contribution in [3.05, 3.63) is 10.1 Å². The van der Waals surface area contributed by atoms with Gasteiger partial charge in [0.15, 0.2) is 6.10 Å². The Hall–Kier alpha value is -0.730. The van der Waals surface area contributed by atoms with Gasteiger partial charge < -0.3 is 14.3 Å². The molecule has 2 fully saturated rings.